The van der Waals surface area contributed by atoms with E-state index in [0.717, 1.165) is 5.56 Å². The Morgan fingerprint density at radius 1 is 1.35 bits per heavy atom. The fourth-order valence-corrected chi connectivity index (χ4v) is 1.24. The molecule has 0 radical (unpaired) electrons. The molecule has 0 aromatic heterocycles. The zero-order valence-electron chi connectivity index (χ0n) is 10.4. The maximum Gasteiger partial charge on any atom is 0.249 e. The molecule has 1 aromatic rings. The summed E-state index contributed by atoms with van der Waals surface area (Å²) in [6, 6.07) is 9.60. The Bertz CT molecular complexity index is 440. The molecule has 0 saturated carbocycles. The third kappa shape index (κ3) is 4.29. The van der Waals surface area contributed by atoms with Gasteiger partial charge in [-0.3, -0.25) is 4.79 Å². The SMILES string of the molecule is CC(C#Cc1ccccc1)OC(C)(C)C(N)=O. The van der Waals surface area contributed by atoms with E-state index < -0.39 is 11.5 Å². The predicted octanol–water partition coefficient (Wildman–Crippen LogP) is 1.71. The fourth-order valence-electron chi connectivity index (χ4n) is 1.24. The Kier molecular flexibility index (Phi) is 4.30. The van der Waals surface area contributed by atoms with Crippen molar-refractivity contribution in [3.05, 3.63) is 35.9 Å². The van der Waals surface area contributed by atoms with Crippen LogP contribution < -0.4 is 5.73 Å². The average molecular weight is 231 g/mol. The van der Waals surface area contributed by atoms with Crippen molar-refractivity contribution in [1.29, 1.82) is 0 Å². The number of benzene rings is 1. The first-order chi connectivity index (χ1) is 7.92. The summed E-state index contributed by atoms with van der Waals surface area (Å²) in [6.45, 7) is 5.06. The van der Waals surface area contributed by atoms with Crippen molar-refractivity contribution >= 4 is 5.91 Å². The van der Waals surface area contributed by atoms with Gasteiger partial charge in [0.05, 0.1) is 0 Å². The molecule has 17 heavy (non-hydrogen) atoms. The molecule has 1 rings (SSSR count). The van der Waals surface area contributed by atoms with Gasteiger partial charge in [-0.2, -0.15) is 0 Å². The number of carbonyl (C=O) groups excluding carboxylic acids is 1. The summed E-state index contributed by atoms with van der Waals surface area (Å²) in [5.74, 6) is 5.41. The van der Waals surface area contributed by atoms with E-state index in [0.29, 0.717) is 0 Å². The second-order valence-electron chi connectivity index (χ2n) is 4.27. The van der Waals surface area contributed by atoms with Gasteiger partial charge in [0.15, 0.2) is 0 Å². The van der Waals surface area contributed by atoms with Gasteiger partial charge in [0.25, 0.3) is 0 Å². The minimum atomic E-state index is -0.995. The highest BCUT2D eigenvalue weighted by Crippen LogP contribution is 2.11. The lowest BCUT2D eigenvalue weighted by molar-refractivity contribution is -0.141. The highest BCUT2D eigenvalue weighted by molar-refractivity contribution is 5.82. The van der Waals surface area contributed by atoms with Gasteiger partial charge in [-0.05, 0) is 32.9 Å². The van der Waals surface area contributed by atoms with Crippen molar-refractivity contribution in [3.63, 3.8) is 0 Å². The minimum Gasteiger partial charge on any atom is -0.367 e. The molecule has 2 N–H and O–H groups in total. The van der Waals surface area contributed by atoms with Crippen LogP contribution in [-0.4, -0.2) is 17.6 Å². The second-order valence-corrected chi connectivity index (χ2v) is 4.27. The normalized spacial score (nSPS) is 12.4. The van der Waals surface area contributed by atoms with Gasteiger partial charge in [0.2, 0.25) is 5.91 Å². The molecule has 1 unspecified atom stereocenters. The summed E-state index contributed by atoms with van der Waals surface area (Å²) in [6.07, 6.45) is -0.349. The molecule has 1 amide bonds. The van der Waals surface area contributed by atoms with Crippen LogP contribution in [0.25, 0.3) is 0 Å². The maximum atomic E-state index is 11.1. The quantitative estimate of drug-likeness (QED) is 0.805. The van der Waals surface area contributed by atoms with Crippen molar-refractivity contribution in [1.82, 2.24) is 0 Å². The van der Waals surface area contributed by atoms with E-state index in [1.165, 1.54) is 0 Å². The number of ether oxygens (including phenoxy) is 1. The highest BCUT2D eigenvalue weighted by atomic mass is 16.5. The third-order valence-electron chi connectivity index (χ3n) is 2.26. The Labute approximate surface area is 102 Å². The molecular weight excluding hydrogens is 214 g/mol. The lowest BCUT2D eigenvalue weighted by Crippen LogP contribution is -2.42. The molecule has 1 aromatic carbocycles. The van der Waals surface area contributed by atoms with Crippen molar-refractivity contribution < 1.29 is 9.53 Å². The fraction of sp³-hybridized carbons (Fsp3) is 0.357. The lowest BCUT2D eigenvalue weighted by Gasteiger charge is -2.23. The van der Waals surface area contributed by atoms with Crippen molar-refractivity contribution in [2.45, 2.75) is 32.5 Å². The topological polar surface area (TPSA) is 52.3 Å². The van der Waals surface area contributed by atoms with Crippen LogP contribution in [0.3, 0.4) is 0 Å². The number of amides is 1. The van der Waals surface area contributed by atoms with Gasteiger partial charge >= 0.3 is 0 Å². The van der Waals surface area contributed by atoms with E-state index in [2.05, 4.69) is 11.8 Å². The first-order valence-electron chi connectivity index (χ1n) is 5.46. The van der Waals surface area contributed by atoms with Gasteiger partial charge in [-0.15, -0.1) is 0 Å². The Morgan fingerprint density at radius 3 is 2.47 bits per heavy atom. The molecule has 0 saturated heterocycles. The van der Waals surface area contributed by atoms with Crippen LogP contribution in [0.2, 0.25) is 0 Å². The molecule has 0 heterocycles. The molecule has 0 aliphatic carbocycles. The lowest BCUT2D eigenvalue weighted by atomic mass is 10.1. The summed E-state index contributed by atoms with van der Waals surface area (Å²) >= 11 is 0. The van der Waals surface area contributed by atoms with Crippen molar-refractivity contribution in [2.24, 2.45) is 5.73 Å². The van der Waals surface area contributed by atoms with Crippen molar-refractivity contribution in [2.75, 3.05) is 0 Å². The molecule has 3 heteroatoms. The highest BCUT2D eigenvalue weighted by Gasteiger charge is 2.27. The molecule has 0 fully saturated rings. The number of hydrogen-bond acceptors (Lipinski definition) is 2. The molecular formula is C14H17NO2. The molecule has 90 valence electrons. The van der Waals surface area contributed by atoms with Crippen LogP contribution in [0.5, 0.6) is 0 Å². The summed E-state index contributed by atoms with van der Waals surface area (Å²) in [7, 11) is 0. The number of nitrogens with two attached hydrogens (primary N) is 1. The Morgan fingerprint density at radius 2 is 1.94 bits per heavy atom. The standard InChI is InChI=1S/C14H17NO2/c1-11(17-14(2,3)13(15)16)9-10-12-7-5-4-6-8-12/h4-8,11H,1-3H3,(H2,15,16). The smallest absolute Gasteiger partial charge is 0.249 e. The monoisotopic (exact) mass is 231 g/mol. The number of primary amides is 1. The number of rotatable bonds is 3. The molecule has 0 aliphatic rings. The van der Waals surface area contributed by atoms with E-state index in [4.69, 9.17) is 10.5 Å². The number of hydrogen-bond donors (Lipinski definition) is 1. The molecule has 0 aliphatic heterocycles. The van der Waals surface area contributed by atoms with Gasteiger partial charge in [-0.25, -0.2) is 0 Å². The molecule has 0 spiro atoms. The van der Waals surface area contributed by atoms with Crippen LogP contribution in [0.1, 0.15) is 26.3 Å². The third-order valence-corrected chi connectivity index (χ3v) is 2.26. The second kappa shape index (κ2) is 5.51. The van der Waals surface area contributed by atoms with Crippen LogP contribution in [0.15, 0.2) is 30.3 Å². The summed E-state index contributed by atoms with van der Waals surface area (Å²) in [4.78, 5) is 11.1. The largest absolute Gasteiger partial charge is 0.367 e. The molecule has 3 nitrogen and oxygen atoms in total. The summed E-state index contributed by atoms with van der Waals surface area (Å²) in [5.41, 5.74) is 5.13. The number of carbonyl (C=O) groups is 1. The van der Waals surface area contributed by atoms with E-state index >= 15 is 0 Å². The molecule has 0 bridgehead atoms. The summed E-state index contributed by atoms with van der Waals surface area (Å²) in [5, 5.41) is 0. The predicted molar refractivity (Wildman–Crippen MR) is 67.1 cm³/mol. The first-order valence-corrected chi connectivity index (χ1v) is 5.46. The van der Waals surface area contributed by atoms with Gasteiger partial charge in [-0.1, -0.05) is 30.0 Å². The zero-order valence-corrected chi connectivity index (χ0v) is 10.4. The maximum absolute atomic E-state index is 11.1. The van der Waals surface area contributed by atoms with Gasteiger partial charge < -0.3 is 10.5 Å². The Hall–Kier alpha value is -1.79. The van der Waals surface area contributed by atoms with Crippen LogP contribution >= 0.6 is 0 Å². The van der Waals surface area contributed by atoms with E-state index in [9.17, 15) is 4.79 Å². The van der Waals surface area contributed by atoms with Crippen LogP contribution in [-0.2, 0) is 9.53 Å². The summed E-state index contributed by atoms with van der Waals surface area (Å²) < 4.78 is 5.47. The Balaban J connectivity index is 2.65. The average Bonchev–Trinajstić information content (AvgIpc) is 2.27. The van der Waals surface area contributed by atoms with Gasteiger partial charge in [0.1, 0.15) is 11.7 Å². The van der Waals surface area contributed by atoms with E-state index in [1.54, 1.807) is 20.8 Å². The van der Waals surface area contributed by atoms with E-state index in [-0.39, 0.29) is 6.10 Å². The van der Waals surface area contributed by atoms with Crippen LogP contribution in [0.4, 0.5) is 0 Å². The minimum absolute atomic E-state index is 0.349. The van der Waals surface area contributed by atoms with Crippen LogP contribution in [0, 0.1) is 11.8 Å². The van der Waals surface area contributed by atoms with E-state index in [1.807, 2.05) is 30.3 Å². The molecule has 1 atom stereocenters. The first kappa shape index (κ1) is 13.3. The zero-order chi connectivity index (χ0) is 12.9. The van der Waals surface area contributed by atoms with Crippen molar-refractivity contribution in [3.8, 4) is 11.8 Å². The van der Waals surface area contributed by atoms with Gasteiger partial charge in [0, 0.05) is 5.56 Å².